The molecule has 108 valence electrons. The smallest absolute Gasteiger partial charge is 0.205 e. The zero-order chi connectivity index (χ0) is 13.9. The molecule has 2 rings (SSSR count). The van der Waals surface area contributed by atoms with Crippen molar-refractivity contribution >= 4 is 5.95 Å². The molecule has 1 aromatic rings. The molecule has 0 bridgehead atoms. The summed E-state index contributed by atoms with van der Waals surface area (Å²) < 4.78 is 2.24. The third-order valence-corrected chi connectivity index (χ3v) is 3.76. The van der Waals surface area contributed by atoms with Crippen LogP contribution < -0.4 is 10.2 Å². The summed E-state index contributed by atoms with van der Waals surface area (Å²) in [5.41, 5.74) is 0.212. The van der Waals surface area contributed by atoms with Gasteiger partial charge in [0.15, 0.2) is 0 Å². The van der Waals surface area contributed by atoms with Gasteiger partial charge in [-0.15, -0.1) is 0 Å². The maximum atomic E-state index is 4.52. The Morgan fingerprint density at radius 3 is 2.89 bits per heavy atom. The van der Waals surface area contributed by atoms with Gasteiger partial charge in [0.25, 0.3) is 0 Å². The summed E-state index contributed by atoms with van der Waals surface area (Å²) in [7, 11) is 0. The first-order valence-electron chi connectivity index (χ1n) is 7.50. The van der Waals surface area contributed by atoms with Crippen LogP contribution in [0, 0.1) is 5.92 Å². The molecule has 0 aliphatic carbocycles. The van der Waals surface area contributed by atoms with Crippen molar-refractivity contribution in [3.8, 4) is 0 Å². The highest BCUT2D eigenvalue weighted by Crippen LogP contribution is 2.22. The van der Waals surface area contributed by atoms with E-state index < -0.39 is 0 Å². The van der Waals surface area contributed by atoms with Crippen LogP contribution in [-0.2, 0) is 6.54 Å². The Kier molecular flexibility index (Phi) is 4.50. The van der Waals surface area contributed by atoms with Gasteiger partial charge >= 0.3 is 0 Å². The number of piperidine rings is 1. The van der Waals surface area contributed by atoms with E-state index in [2.05, 4.69) is 53.7 Å². The third-order valence-electron chi connectivity index (χ3n) is 3.76. The van der Waals surface area contributed by atoms with E-state index in [1.807, 2.05) is 6.20 Å². The second-order valence-corrected chi connectivity index (χ2v) is 6.60. The lowest BCUT2D eigenvalue weighted by atomic mass is 9.97. The fourth-order valence-corrected chi connectivity index (χ4v) is 2.70. The van der Waals surface area contributed by atoms with E-state index in [0.29, 0.717) is 0 Å². The minimum Gasteiger partial charge on any atom is -0.342 e. The van der Waals surface area contributed by atoms with Crippen LogP contribution in [0.15, 0.2) is 12.4 Å². The second kappa shape index (κ2) is 5.95. The molecule has 1 aliphatic heterocycles. The lowest BCUT2D eigenvalue weighted by molar-refractivity contribution is 0.333. The lowest BCUT2D eigenvalue weighted by Crippen LogP contribution is -2.45. The van der Waals surface area contributed by atoms with E-state index in [9.17, 15) is 0 Å². The SMILES string of the molecule is CCn1ccnc1N1CCCC(CNC(C)(C)C)C1. The maximum absolute atomic E-state index is 4.52. The van der Waals surface area contributed by atoms with Crippen molar-refractivity contribution in [1.29, 1.82) is 0 Å². The van der Waals surface area contributed by atoms with Gasteiger partial charge in [0, 0.05) is 44.1 Å². The summed E-state index contributed by atoms with van der Waals surface area (Å²) in [4.78, 5) is 6.97. The van der Waals surface area contributed by atoms with Crippen LogP contribution in [0.5, 0.6) is 0 Å². The van der Waals surface area contributed by atoms with Crippen LogP contribution in [0.1, 0.15) is 40.5 Å². The zero-order valence-corrected chi connectivity index (χ0v) is 12.8. The summed E-state index contributed by atoms with van der Waals surface area (Å²) >= 11 is 0. The fourth-order valence-electron chi connectivity index (χ4n) is 2.70. The van der Waals surface area contributed by atoms with Crippen LogP contribution >= 0.6 is 0 Å². The first-order valence-corrected chi connectivity index (χ1v) is 7.50. The van der Waals surface area contributed by atoms with Crippen molar-refractivity contribution in [1.82, 2.24) is 14.9 Å². The summed E-state index contributed by atoms with van der Waals surface area (Å²) in [6.45, 7) is 13.2. The number of aryl methyl sites for hydroxylation is 1. The largest absolute Gasteiger partial charge is 0.342 e. The molecule has 0 radical (unpaired) electrons. The molecule has 1 fully saturated rings. The molecule has 1 unspecified atom stereocenters. The van der Waals surface area contributed by atoms with Gasteiger partial charge in [-0.3, -0.25) is 0 Å². The number of nitrogens with zero attached hydrogens (tertiary/aromatic N) is 3. The number of hydrogen-bond donors (Lipinski definition) is 1. The average molecular weight is 264 g/mol. The molecule has 1 saturated heterocycles. The molecule has 1 N–H and O–H groups in total. The minimum absolute atomic E-state index is 0.212. The fraction of sp³-hybridized carbons (Fsp3) is 0.800. The van der Waals surface area contributed by atoms with Crippen molar-refractivity contribution in [3.63, 3.8) is 0 Å². The Bertz CT molecular complexity index is 391. The van der Waals surface area contributed by atoms with Crippen LogP contribution in [0.4, 0.5) is 5.95 Å². The zero-order valence-electron chi connectivity index (χ0n) is 12.8. The summed E-state index contributed by atoms with van der Waals surface area (Å²) in [5.74, 6) is 1.87. The molecule has 1 aromatic heterocycles. The molecule has 0 spiro atoms. The number of aromatic nitrogens is 2. The van der Waals surface area contributed by atoms with Crippen LogP contribution in [-0.4, -0.2) is 34.7 Å². The van der Waals surface area contributed by atoms with E-state index in [0.717, 1.165) is 38.0 Å². The lowest BCUT2D eigenvalue weighted by Gasteiger charge is -2.35. The molecule has 4 heteroatoms. The van der Waals surface area contributed by atoms with Crippen molar-refractivity contribution in [3.05, 3.63) is 12.4 Å². The quantitative estimate of drug-likeness (QED) is 0.907. The van der Waals surface area contributed by atoms with Crippen molar-refractivity contribution < 1.29 is 0 Å². The van der Waals surface area contributed by atoms with Gasteiger partial charge in [0.2, 0.25) is 5.95 Å². The number of nitrogens with one attached hydrogen (secondary N) is 1. The molecular weight excluding hydrogens is 236 g/mol. The highest BCUT2D eigenvalue weighted by Gasteiger charge is 2.23. The van der Waals surface area contributed by atoms with E-state index in [4.69, 9.17) is 0 Å². The summed E-state index contributed by atoms with van der Waals surface area (Å²) in [5, 5.41) is 3.63. The van der Waals surface area contributed by atoms with Gasteiger partial charge in [0.1, 0.15) is 0 Å². The van der Waals surface area contributed by atoms with Crippen LogP contribution in [0.2, 0.25) is 0 Å². The number of imidazole rings is 1. The molecule has 0 saturated carbocycles. The normalized spacial score (nSPS) is 20.8. The van der Waals surface area contributed by atoms with Gasteiger partial charge in [0.05, 0.1) is 0 Å². The Hall–Kier alpha value is -1.03. The molecule has 2 heterocycles. The number of anilines is 1. The van der Waals surface area contributed by atoms with Gasteiger partial charge in [-0.25, -0.2) is 4.98 Å². The van der Waals surface area contributed by atoms with Crippen molar-refractivity contribution in [2.45, 2.75) is 52.6 Å². The van der Waals surface area contributed by atoms with E-state index in [1.54, 1.807) is 0 Å². The molecule has 0 amide bonds. The van der Waals surface area contributed by atoms with Gasteiger partial charge in [-0.2, -0.15) is 0 Å². The van der Waals surface area contributed by atoms with Gasteiger partial charge in [-0.1, -0.05) is 0 Å². The highest BCUT2D eigenvalue weighted by atomic mass is 15.3. The van der Waals surface area contributed by atoms with Crippen molar-refractivity contribution in [2.24, 2.45) is 5.92 Å². The predicted octanol–water partition coefficient (Wildman–Crippen LogP) is 2.51. The predicted molar refractivity (Wildman–Crippen MR) is 80.6 cm³/mol. The Morgan fingerprint density at radius 1 is 1.42 bits per heavy atom. The minimum atomic E-state index is 0.212. The third kappa shape index (κ3) is 3.96. The van der Waals surface area contributed by atoms with Gasteiger partial charge in [-0.05, 0) is 46.5 Å². The monoisotopic (exact) mass is 264 g/mol. The van der Waals surface area contributed by atoms with Crippen LogP contribution in [0.25, 0.3) is 0 Å². The number of rotatable bonds is 4. The second-order valence-electron chi connectivity index (χ2n) is 6.60. The summed E-state index contributed by atoms with van der Waals surface area (Å²) in [6.07, 6.45) is 6.58. The number of hydrogen-bond acceptors (Lipinski definition) is 3. The maximum Gasteiger partial charge on any atom is 0.205 e. The topological polar surface area (TPSA) is 33.1 Å². The summed E-state index contributed by atoms with van der Waals surface area (Å²) in [6, 6.07) is 0. The van der Waals surface area contributed by atoms with E-state index >= 15 is 0 Å². The standard InChI is InChI=1S/C15H28N4/c1-5-18-10-8-16-14(18)19-9-6-7-13(12-19)11-17-15(2,3)4/h8,10,13,17H,5-7,9,11-12H2,1-4H3. The van der Waals surface area contributed by atoms with Gasteiger partial charge < -0.3 is 14.8 Å². The molecule has 1 aliphatic rings. The molecular formula is C15H28N4. The molecule has 19 heavy (non-hydrogen) atoms. The van der Waals surface area contributed by atoms with E-state index in [-0.39, 0.29) is 5.54 Å². The first-order chi connectivity index (χ1) is 8.99. The van der Waals surface area contributed by atoms with Crippen LogP contribution in [0.3, 0.4) is 0 Å². The Balaban J connectivity index is 1.94. The molecule has 1 atom stereocenters. The molecule has 0 aromatic carbocycles. The average Bonchev–Trinajstić information content (AvgIpc) is 2.84. The Labute approximate surface area is 117 Å². The highest BCUT2D eigenvalue weighted by molar-refractivity contribution is 5.32. The van der Waals surface area contributed by atoms with E-state index in [1.165, 1.54) is 12.8 Å². The Morgan fingerprint density at radius 2 is 2.21 bits per heavy atom. The van der Waals surface area contributed by atoms with Crippen molar-refractivity contribution in [2.75, 3.05) is 24.5 Å². The molecule has 4 nitrogen and oxygen atoms in total. The first kappa shape index (κ1) is 14.4.